The Balaban J connectivity index is 2.33. The minimum Gasteiger partial charge on any atom is -0.379 e. The summed E-state index contributed by atoms with van der Waals surface area (Å²) in [7, 11) is -2.91. The van der Waals surface area contributed by atoms with Crippen LogP contribution in [0.4, 0.5) is 0 Å². The van der Waals surface area contributed by atoms with Crippen molar-refractivity contribution in [1.29, 1.82) is 0 Å². The lowest BCUT2D eigenvalue weighted by molar-refractivity contribution is 0.0773. The largest absolute Gasteiger partial charge is 0.379 e. The van der Waals surface area contributed by atoms with Crippen LogP contribution in [0, 0.1) is 0 Å². The van der Waals surface area contributed by atoms with Crippen molar-refractivity contribution in [2.45, 2.75) is 13.8 Å². The van der Waals surface area contributed by atoms with Gasteiger partial charge in [0.25, 0.3) is 0 Å². The number of hydrogen-bond donors (Lipinski definition) is 0. The Labute approximate surface area is 101 Å². The number of nitrogens with zero attached hydrogens (tertiary/aromatic N) is 1. The number of ether oxygens (including phenoxy) is 1. The van der Waals surface area contributed by atoms with Crippen LogP contribution in [-0.2, 0) is 18.3 Å². The molecular weight excluding hydrogens is 249 g/mol. The minimum absolute atomic E-state index is 0.384. The Morgan fingerprint density at radius 3 is 2.31 bits per heavy atom. The number of rotatable bonds is 7. The summed E-state index contributed by atoms with van der Waals surface area (Å²) in [6, 6.07) is 0. The third-order valence-electron chi connectivity index (χ3n) is 2.02. The minimum atomic E-state index is -2.91. The van der Waals surface area contributed by atoms with Gasteiger partial charge in [-0.05, 0) is 13.8 Å². The predicted molar refractivity (Wildman–Crippen MR) is 65.7 cm³/mol. The maximum Gasteiger partial charge on any atom is 0.341 e. The van der Waals surface area contributed by atoms with Crippen molar-refractivity contribution in [2.24, 2.45) is 0 Å². The Bertz CT molecular complexity index is 226. The summed E-state index contributed by atoms with van der Waals surface area (Å²) < 4.78 is 30.0. The van der Waals surface area contributed by atoms with Gasteiger partial charge in [0.15, 0.2) is 0 Å². The van der Waals surface area contributed by atoms with E-state index >= 15 is 0 Å². The van der Waals surface area contributed by atoms with Crippen LogP contribution >= 0.6 is 19.5 Å². The third-order valence-corrected chi connectivity index (χ3v) is 5.78. The van der Waals surface area contributed by atoms with Gasteiger partial charge in [0, 0.05) is 13.1 Å². The zero-order valence-electron chi connectivity index (χ0n) is 9.89. The second kappa shape index (κ2) is 7.69. The molecule has 1 aliphatic rings. The molecule has 0 aromatic heterocycles. The fraction of sp³-hybridized carbons (Fsp3) is 1.00. The summed E-state index contributed by atoms with van der Waals surface area (Å²) in [5, 5.41) is 0. The third kappa shape index (κ3) is 5.17. The Hall–Kier alpha value is 0.420. The molecule has 1 rings (SSSR count). The van der Waals surface area contributed by atoms with Gasteiger partial charge in [0.1, 0.15) is 5.49 Å². The lowest BCUT2D eigenvalue weighted by Gasteiger charge is -2.26. The highest BCUT2D eigenvalue weighted by molar-refractivity contribution is 8.02. The van der Waals surface area contributed by atoms with E-state index in [1.165, 1.54) is 11.9 Å². The van der Waals surface area contributed by atoms with E-state index in [2.05, 4.69) is 4.31 Å². The van der Waals surface area contributed by atoms with Gasteiger partial charge >= 0.3 is 7.60 Å². The molecule has 0 saturated carbocycles. The van der Waals surface area contributed by atoms with Gasteiger partial charge in [0.05, 0.1) is 26.4 Å². The van der Waals surface area contributed by atoms with Crippen molar-refractivity contribution >= 4 is 19.5 Å². The fourth-order valence-electron chi connectivity index (χ4n) is 1.33. The predicted octanol–water partition coefficient (Wildman–Crippen LogP) is 2.19. The highest BCUT2D eigenvalue weighted by Crippen LogP contribution is 2.51. The molecule has 0 unspecified atom stereocenters. The summed E-state index contributed by atoms with van der Waals surface area (Å²) in [6.45, 7) is 7.69. The molecule has 0 aromatic carbocycles. The lowest BCUT2D eigenvalue weighted by atomic mass is 10.5. The molecule has 0 aliphatic carbocycles. The molecule has 16 heavy (non-hydrogen) atoms. The summed E-state index contributed by atoms with van der Waals surface area (Å²) in [6.07, 6.45) is 0. The number of hydrogen-bond acceptors (Lipinski definition) is 6. The fourth-order valence-corrected chi connectivity index (χ4v) is 4.42. The van der Waals surface area contributed by atoms with Crippen molar-refractivity contribution in [3.63, 3.8) is 0 Å². The number of morpholine rings is 1. The van der Waals surface area contributed by atoms with Crippen LogP contribution in [0.2, 0.25) is 0 Å². The van der Waals surface area contributed by atoms with Gasteiger partial charge < -0.3 is 13.8 Å². The van der Waals surface area contributed by atoms with E-state index in [1.807, 2.05) is 13.8 Å². The molecule has 1 saturated heterocycles. The Kier molecular flexibility index (Phi) is 6.96. The normalized spacial score (nSPS) is 18.9. The molecule has 1 fully saturated rings. The van der Waals surface area contributed by atoms with Crippen molar-refractivity contribution in [2.75, 3.05) is 45.0 Å². The molecule has 1 aliphatic heterocycles. The second-order valence-corrected chi connectivity index (χ2v) is 6.79. The topological polar surface area (TPSA) is 48.0 Å². The van der Waals surface area contributed by atoms with Crippen LogP contribution in [0.1, 0.15) is 13.8 Å². The summed E-state index contributed by atoms with van der Waals surface area (Å²) in [5.74, 6) is 0. The Morgan fingerprint density at radius 2 is 1.81 bits per heavy atom. The van der Waals surface area contributed by atoms with Gasteiger partial charge in [-0.25, -0.2) is 4.31 Å². The zero-order valence-corrected chi connectivity index (χ0v) is 11.6. The highest BCUT2D eigenvalue weighted by Gasteiger charge is 2.25. The lowest BCUT2D eigenvalue weighted by Crippen LogP contribution is -2.31. The standard InChI is InChI=1S/C9H20NO4PS/c1-3-13-15(11,14-4-2)9-16-10-5-7-12-8-6-10/h3-9H2,1-2H3. The molecule has 0 aromatic rings. The van der Waals surface area contributed by atoms with Gasteiger partial charge in [0.2, 0.25) is 0 Å². The molecule has 0 spiro atoms. The van der Waals surface area contributed by atoms with Gasteiger partial charge in [-0.3, -0.25) is 4.57 Å². The molecule has 0 bridgehead atoms. The van der Waals surface area contributed by atoms with Crippen molar-refractivity contribution in [3.05, 3.63) is 0 Å². The van der Waals surface area contributed by atoms with E-state index in [0.717, 1.165) is 26.3 Å². The SMILES string of the molecule is CCOP(=O)(CSN1CCOCC1)OCC. The summed E-state index contributed by atoms with van der Waals surface area (Å²) in [5.41, 5.74) is 0.384. The van der Waals surface area contributed by atoms with E-state index in [4.69, 9.17) is 13.8 Å². The average molecular weight is 269 g/mol. The first-order valence-corrected chi connectivity index (χ1v) is 8.21. The maximum absolute atomic E-state index is 12.1. The van der Waals surface area contributed by atoms with E-state index in [1.54, 1.807) is 0 Å². The van der Waals surface area contributed by atoms with Gasteiger partial charge in [-0.15, -0.1) is 0 Å². The maximum atomic E-state index is 12.1. The molecule has 7 heteroatoms. The first kappa shape index (κ1) is 14.5. The monoisotopic (exact) mass is 269 g/mol. The van der Waals surface area contributed by atoms with Crippen LogP contribution < -0.4 is 0 Å². The van der Waals surface area contributed by atoms with Crippen LogP contribution in [0.5, 0.6) is 0 Å². The first-order chi connectivity index (χ1) is 7.70. The van der Waals surface area contributed by atoms with E-state index in [-0.39, 0.29) is 0 Å². The van der Waals surface area contributed by atoms with E-state index in [9.17, 15) is 4.57 Å². The van der Waals surface area contributed by atoms with E-state index in [0.29, 0.717) is 18.7 Å². The average Bonchev–Trinajstić information content (AvgIpc) is 2.29. The van der Waals surface area contributed by atoms with Crippen molar-refractivity contribution in [1.82, 2.24) is 4.31 Å². The summed E-state index contributed by atoms with van der Waals surface area (Å²) in [4.78, 5) is 0. The summed E-state index contributed by atoms with van der Waals surface area (Å²) >= 11 is 1.52. The van der Waals surface area contributed by atoms with Crippen LogP contribution in [0.25, 0.3) is 0 Å². The first-order valence-electron chi connectivity index (χ1n) is 5.54. The van der Waals surface area contributed by atoms with Gasteiger partial charge in [-0.2, -0.15) is 0 Å². The van der Waals surface area contributed by atoms with Crippen LogP contribution in [-0.4, -0.2) is 49.3 Å². The molecule has 0 N–H and O–H groups in total. The van der Waals surface area contributed by atoms with Crippen molar-refractivity contribution in [3.8, 4) is 0 Å². The Morgan fingerprint density at radius 1 is 1.25 bits per heavy atom. The smallest absolute Gasteiger partial charge is 0.341 e. The highest BCUT2D eigenvalue weighted by atomic mass is 32.2. The quantitative estimate of drug-likeness (QED) is 0.521. The molecule has 0 amide bonds. The molecule has 5 nitrogen and oxygen atoms in total. The van der Waals surface area contributed by atoms with Crippen LogP contribution in [0.3, 0.4) is 0 Å². The van der Waals surface area contributed by atoms with Crippen molar-refractivity contribution < 1.29 is 18.3 Å². The molecular formula is C9H20NO4PS. The molecule has 1 heterocycles. The van der Waals surface area contributed by atoms with Crippen LogP contribution in [0.15, 0.2) is 0 Å². The molecule has 0 atom stereocenters. The molecule has 96 valence electrons. The van der Waals surface area contributed by atoms with Gasteiger partial charge in [-0.1, -0.05) is 11.9 Å². The second-order valence-electron chi connectivity index (χ2n) is 3.25. The molecule has 0 radical (unpaired) electrons. The zero-order chi connectivity index (χ0) is 11.9. The van der Waals surface area contributed by atoms with E-state index < -0.39 is 7.60 Å².